The zero-order valence-electron chi connectivity index (χ0n) is 14.7. The van der Waals surface area contributed by atoms with Gasteiger partial charge in [-0.1, -0.05) is 28.1 Å². The predicted molar refractivity (Wildman–Crippen MR) is 102 cm³/mol. The first-order chi connectivity index (χ1) is 12.5. The Morgan fingerprint density at radius 2 is 2.00 bits per heavy atom. The van der Waals surface area contributed by atoms with Crippen molar-refractivity contribution in [2.75, 3.05) is 0 Å². The van der Waals surface area contributed by atoms with Crippen LogP contribution in [0.15, 0.2) is 47.2 Å². The second-order valence-electron chi connectivity index (χ2n) is 6.75. The number of halogens is 1. The van der Waals surface area contributed by atoms with E-state index in [-0.39, 0.29) is 11.9 Å². The summed E-state index contributed by atoms with van der Waals surface area (Å²) in [5.41, 5.74) is 2.62. The van der Waals surface area contributed by atoms with Crippen LogP contribution < -0.4 is 5.32 Å². The summed E-state index contributed by atoms with van der Waals surface area (Å²) < 4.78 is 4.46. The fourth-order valence-corrected chi connectivity index (χ4v) is 3.83. The Kier molecular flexibility index (Phi) is 4.40. The zero-order chi connectivity index (χ0) is 18.3. The van der Waals surface area contributed by atoms with Crippen LogP contribution in [0, 0.1) is 6.92 Å². The molecule has 1 aliphatic rings. The third kappa shape index (κ3) is 3.07. The van der Waals surface area contributed by atoms with Gasteiger partial charge in [0.2, 0.25) is 0 Å². The van der Waals surface area contributed by atoms with Gasteiger partial charge in [0.25, 0.3) is 5.91 Å². The van der Waals surface area contributed by atoms with Crippen LogP contribution in [0.5, 0.6) is 0 Å². The lowest BCUT2D eigenvalue weighted by Gasteiger charge is -2.36. The maximum atomic E-state index is 12.9. The summed E-state index contributed by atoms with van der Waals surface area (Å²) in [5, 5.41) is 11.8. The molecule has 7 heteroatoms. The maximum Gasteiger partial charge on any atom is 0.257 e. The number of hydrogen-bond donors (Lipinski definition) is 1. The van der Waals surface area contributed by atoms with E-state index in [2.05, 4.69) is 55.7 Å². The van der Waals surface area contributed by atoms with Crippen molar-refractivity contribution in [1.29, 1.82) is 0 Å². The Labute approximate surface area is 160 Å². The van der Waals surface area contributed by atoms with E-state index in [0.717, 1.165) is 17.3 Å². The molecule has 1 N–H and O–H groups in total. The van der Waals surface area contributed by atoms with Gasteiger partial charge in [-0.25, -0.2) is 9.36 Å². The van der Waals surface area contributed by atoms with Crippen LogP contribution in [0.3, 0.4) is 0 Å². The fourth-order valence-electron chi connectivity index (χ4n) is 3.57. The second-order valence-corrected chi connectivity index (χ2v) is 7.66. The second kappa shape index (κ2) is 6.72. The largest absolute Gasteiger partial charge is 0.349 e. The van der Waals surface area contributed by atoms with Crippen molar-refractivity contribution in [3.05, 3.63) is 64.0 Å². The number of aryl methyl sites for hydroxylation is 2. The molecule has 134 valence electrons. The molecule has 1 fully saturated rings. The molecule has 1 saturated carbocycles. The number of carbonyl (C=O) groups excluding carboxylic acids is 1. The number of aromatic nitrogens is 4. The molecule has 1 amide bonds. The predicted octanol–water partition coefficient (Wildman–Crippen LogP) is 3.35. The highest BCUT2D eigenvalue weighted by molar-refractivity contribution is 9.10. The van der Waals surface area contributed by atoms with E-state index in [1.54, 1.807) is 15.6 Å². The van der Waals surface area contributed by atoms with E-state index >= 15 is 0 Å². The third-order valence-corrected chi connectivity index (χ3v) is 5.48. The molecule has 3 aromatic rings. The van der Waals surface area contributed by atoms with Gasteiger partial charge in [0.05, 0.1) is 5.69 Å². The van der Waals surface area contributed by atoms with E-state index in [0.29, 0.717) is 23.0 Å². The maximum absolute atomic E-state index is 12.9. The highest BCUT2D eigenvalue weighted by atomic mass is 79.9. The highest BCUT2D eigenvalue weighted by Gasteiger charge is 2.33. The van der Waals surface area contributed by atoms with Crippen LogP contribution in [-0.4, -0.2) is 31.5 Å². The molecular formula is C19H20BrN5O. The van der Waals surface area contributed by atoms with Crippen molar-refractivity contribution in [2.45, 2.75) is 31.7 Å². The van der Waals surface area contributed by atoms with Crippen molar-refractivity contribution in [3.63, 3.8) is 0 Å². The number of nitrogens with one attached hydrogen (secondary N) is 1. The van der Waals surface area contributed by atoms with Gasteiger partial charge in [0.15, 0.2) is 5.82 Å². The first kappa shape index (κ1) is 17.0. The van der Waals surface area contributed by atoms with Gasteiger partial charge >= 0.3 is 0 Å². The highest BCUT2D eigenvalue weighted by Crippen LogP contribution is 2.37. The Bertz CT molecular complexity index is 924. The summed E-state index contributed by atoms with van der Waals surface area (Å²) in [5.74, 6) is 1.11. The monoisotopic (exact) mass is 413 g/mol. The summed E-state index contributed by atoms with van der Waals surface area (Å²) in [7, 11) is 1.83. The standard InChI is InChI=1S/C19H20BrN5O/c1-12-17(19(24(2)23-12)25-9-3-8-21-25)18(26)22-16-10-14(11-16)13-4-6-15(20)7-5-13/h3-9,14,16H,10-11H2,1-2H3,(H,22,26). The summed E-state index contributed by atoms with van der Waals surface area (Å²) in [6, 6.07) is 10.5. The molecule has 0 aliphatic heterocycles. The third-order valence-electron chi connectivity index (χ3n) is 4.96. The number of carbonyl (C=O) groups is 1. The summed E-state index contributed by atoms with van der Waals surface area (Å²) >= 11 is 3.46. The van der Waals surface area contributed by atoms with Gasteiger partial charge in [0.1, 0.15) is 5.56 Å². The summed E-state index contributed by atoms with van der Waals surface area (Å²) in [4.78, 5) is 12.9. The zero-order valence-corrected chi connectivity index (χ0v) is 16.3. The molecule has 0 spiro atoms. The lowest BCUT2D eigenvalue weighted by molar-refractivity contribution is 0.0908. The molecule has 0 atom stereocenters. The molecule has 0 unspecified atom stereocenters. The molecule has 26 heavy (non-hydrogen) atoms. The molecule has 2 aromatic heterocycles. The first-order valence-electron chi connectivity index (χ1n) is 8.63. The van der Waals surface area contributed by atoms with Crippen LogP contribution in [0.25, 0.3) is 5.82 Å². The Morgan fingerprint density at radius 3 is 2.65 bits per heavy atom. The number of benzene rings is 1. The van der Waals surface area contributed by atoms with Crippen LogP contribution in [0.1, 0.15) is 40.4 Å². The van der Waals surface area contributed by atoms with Crippen molar-refractivity contribution >= 4 is 21.8 Å². The Morgan fingerprint density at radius 1 is 1.27 bits per heavy atom. The van der Waals surface area contributed by atoms with Gasteiger partial charge in [-0.05, 0) is 49.4 Å². The fraction of sp³-hybridized carbons (Fsp3) is 0.316. The minimum atomic E-state index is -0.0830. The Hall–Kier alpha value is -2.41. The number of hydrogen-bond acceptors (Lipinski definition) is 3. The summed E-state index contributed by atoms with van der Waals surface area (Å²) in [6.07, 6.45) is 5.44. The lowest BCUT2D eigenvalue weighted by Crippen LogP contribution is -2.43. The molecular weight excluding hydrogens is 394 g/mol. The smallest absolute Gasteiger partial charge is 0.257 e. The normalized spacial score (nSPS) is 19.2. The summed E-state index contributed by atoms with van der Waals surface area (Å²) in [6.45, 7) is 1.85. The minimum absolute atomic E-state index is 0.0830. The van der Waals surface area contributed by atoms with Crippen molar-refractivity contribution in [3.8, 4) is 5.82 Å². The van der Waals surface area contributed by atoms with E-state index in [9.17, 15) is 4.79 Å². The van der Waals surface area contributed by atoms with Crippen LogP contribution >= 0.6 is 15.9 Å². The van der Waals surface area contributed by atoms with Gasteiger partial charge in [-0.2, -0.15) is 10.2 Å². The van der Waals surface area contributed by atoms with Gasteiger partial charge in [0, 0.05) is 30.0 Å². The van der Waals surface area contributed by atoms with Gasteiger partial charge < -0.3 is 5.32 Å². The average Bonchev–Trinajstić information content (AvgIpc) is 3.18. The number of nitrogens with zero attached hydrogens (tertiary/aromatic N) is 4. The van der Waals surface area contributed by atoms with Crippen molar-refractivity contribution < 1.29 is 4.79 Å². The topological polar surface area (TPSA) is 64.7 Å². The number of amides is 1. The average molecular weight is 414 g/mol. The molecule has 1 aromatic carbocycles. The van der Waals surface area contributed by atoms with Crippen LogP contribution in [0.2, 0.25) is 0 Å². The van der Waals surface area contributed by atoms with E-state index < -0.39 is 0 Å². The van der Waals surface area contributed by atoms with E-state index in [1.165, 1.54) is 5.56 Å². The number of rotatable bonds is 4. The van der Waals surface area contributed by atoms with Crippen LogP contribution in [-0.2, 0) is 7.05 Å². The molecule has 6 nitrogen and oxygen atoms in total. The molecule has 0 saturated heterocycles. The van der Waals surface area contributed by atoms with Gasteiger partial charge in [-0.3, -0.25) is 4.79 Å². The SMILES string of the molecule is Cc1nn(C)c(-n2cccn2)c1C(=O)NC1CC(c2ccc(Br)cc2)C1. The first-order valence-corrected chi connectivity index (χ1v) is 9.42. The van der Waals surface area contributed by atoms with Crippen molar-refractivity contribution in [2.24, 2.45) is 7.05 Å². The van der Waals surface area contributed by atoms with E-state index in [4.69, 9.17) is 0 Å². The van der Waals surface area contributed by atoms with Gasteiger partial charge in [-0.15, -0.1) is 0 Å². The minimum Gasteiger partial charge on any atom is -0.349 e. The van der Waals surface area contributed by atoms with Crippen LogP contribution in [0.4, 0.5) is 0 Å². The van der Waals surface area contributed by atoms with Crippen molar-refractivity contribution in [1.82, 2.24) is 24.9 Å². The molecule has 0 radical (unpaired) electrons. The lowest BCUT2D eigenvalue weighted by atomic mass is 9.76. The molecule has 4 rings (SSSR count). The molecule has 1 aliphatic carbocycles. The quantitative estimate of drug-likeness (QED) is 0.712. The van der Waals surface area contributed by atoms with E-state index in [1.807, 2.05) is 26.2 Å². The molecule has 0 bridgehead atoms. The Balaban J connectivity index is 1.46. The molecule has 2 heterocycles.